The van der Waals surface area contributed by atoms with Crippen LogP contribution in [0.2, 0.25) is 0 Å². The number of Topliss-reactive ketones (excluding diaryl/α,β-unsaturated/α-hetero) is 1. The highest BCUT2D eigenvalue weighted by Gasteiger charge is 2.24. The van der Waals surface area contributed by atoms with Gasteiger partial charge in [-0.15, -0.1) is 0 Å². The topological polar surface area (TPSA) is 39.2 Å². The molecule has 3 rings (SSSR count). The van der Waals surface area contributed by atoms with Gasteiger partial charge in [-0.05, 0) is 43.0 Å². The van der Waals surface area contributed by atoms with Gasteiger partial charge in [-0.1, -0.05) is 24.3 Å². The Labute approximate surface area is 118 Å². The Balaban J connectivity index is 1.81. The SMILES string of the molecule is Cc1cccc(C(=O)CC2CCOc3ccccc32)n1. The molecule has 0 bridgehead atoms. The molecule has 1 aromatic carbocycles. The van der Waals surface area contributed by atoms with Crippen LogP contribution < -0.4 is 4.74 Å². The molecular formula is C17H17NO2. The molecule has 0 saturated carbocycles. The van der Waals surface area contributed by atoms with Crippen LogP contribution in [0.5, 0.6) is 5.75 Å². The van der Waals surface area contributed by atoms with Crippen LogP contribution in [0.4, 0.5) is 0 Å². The molecule has 3 nitrogen and oxygen atoms in total. The highest BCUT2D eigenvalue weighted by molar-refractivity contribution is 5.94. The predicted octanol–water partition coefficient (Wildman–Crippen LogP) is 3.53. The van der Waals surface area contributed by atoms with Crippen LogP contribution in [0.25, 0.3) is 0 Å². The van der Waals surface area contributed by atoms with Gasteiger partial charge < -0.3 is 4.74 Å². The first-order valence-electron chi connectivity index (χ1n) is 6.92. The number of pyridine rings is 1. The van der Waals surface area contributed by atoms with E-state index in [2.05, 4.69) is 11.1 Å². The highest BCUT2D eigenvalue weighted by Crippen LogP contribution is 2.35. The third-order valence-electron chi connectivity index (χ3n) is 3.69. The number of ether oxygens (including phenoxy) is 1. The minimum atomic E-state index is 0.107. The molecule has 0 radical (unpaired) electrons. The zero-order valence-electron chi connectivity index (χ0n) is 11.5. The fourth-order valence-corrected chi connectivity index (χ4v) is 2.65. The molecule has 1 unspecified atom stereocenters. The molecule has 1 aromatic heterocycles. The summed E-state index contributed by atoms with van der Waals surface area (Å²) in [4.78, 5) is 16.7. The molecule has 2 heterocycles. The molecule has 1 aliphatic rings. The smallest absolute Gasteiger partial charge is 0.181 e. The van der Waals surface area contributed by atoms with Crippen molar-refractivity contribution in [3.05, 3.63) is 59.4 Å². The lowest BCUT2D eigenvalue weighted by Crippen LogP contribution is -2.17. The van der Waals surface area contributed by atoms with E-state index in [4.69, 9.17) is 4.74 Å². The summed E-state index contributed by atoms with van der Waals surface area (Å²) >= 11 is 0. The van der Waals surface area contributed by atoms with E-state index in [1.807, 2.05) is 37.3 Å². The normalized spacial score (nSPS) is 17.1. The van der Waals surface area contributed by atoms with Gasteiger partial charge in [0.25, 0.3) is 0 Å². The number of rotatable bonds is 3. The Morgan fingerprint density at radius 2 is 2.10 bits per heavy atom. The van der Waals surface area contributed by atoms with Gasteiger partial charge >= 0.3 is 0 Å². The molecule has 3 heteroatoms. The van der Waals surface area contributed by atoms with Gasteiger partial charge in [-0.2, -0.15) is 0 Å². The van der Waals surface area contributed by atoms with Gasteiger partial charge in [0.1, 0.15) is 11.4 Å². The molecule has 0 amide bonds. The van der Waals surface area contributed by atoms with Crippen molar-refractivity contribution in [3.8, 4) is 5.75 Å². The summed E-state index contributed by atoms with van der Waals surface area (Å²) in [5, 5.41) is 0. The van der Waals surface area contributed by atoms with Gasteiger partial charge in [0.15, 0.2) is 5.78 Å². The molecule has 0 fully saturated rings. The summed E-state index contributed by atoms with van der Waals surface area (Å²) in [5.74, 6) is 1.25. The zero-order valence-corrected chi connectivity index (χ0v) is 11.5. The summed E-state index contributed by atoms with van der Waals surface area (Å²) < 4.78 is 5.63. The van der Waals surface area contributed by atoms with Crippen LogP contribution >= 0.6 is 0 Å². The Morgan fingerprint density at radius 1 is 1.25 bits per heavy atom. The minimum absolute atomic E-state index is 0.107. The number of para-hydroxylation sites is 1. The lowest BCUT2D eigenvalue weighted by Gasteiger charge is -2.25. The maximum absolute atomic E-state index is 12.4. The molecule has 20 heavy (non-hydrogen) atoms. The largest absolute Gasteiger partial charge is 0.493 e. The van der Waals surface area contributed by atoms with E-state index in [0.717, 1.165) is 23.4 Å². The average Bonchev–Trinajstić information content (AvgIpc) is 2.47. The quantitative estimate of drug-likeness (QED) is 0.799. The van der Waals surface area contributed by atoms with Crippen molar-refractivity contribution in [3.63, 3.8) is 0 Å². The molecule has 2 aromatic rings. The van der Waals surface area contributed by atoms with Crippen molar-refractivity contribution < 1.29 is 9.53 Å². The Bertz CT molecular complexity index is 636. The summed E-state index contributed by atoms with van der Waals surface area (Å²) in [5.41, 5.74) is 2.58. The van der Waals surface area contributed by atoms with E-state index in [1.165, 1.54) is 0 Å². The lowest BCUT2D eigenvalue weighted by molar-refractivity contribution is 0.0961. The van der Waals surface area contributed by atoms with Crippen LogP contribution in [0.3, 0.4) is 0 Å². The molecule has 102 valence electrons. The van der Waals surface area contributed by atoms with Crippen molar-refractivity contribution in [2.24, 2.45) is 0 Å². The fourth-order valence-electron chi connectivity index (χ4n) is 2.65. The number of aromatic nitrogens is 1. The second-order valence-corrected chi connectivity index (χ2v) is 5.16. The van der Waals surface area contributed by atoms with Crippen molar-refractivity contribution >= 4 is 5.78 Å². The summed E-state index contributed by atoms with van der Waals surface area (Å²) in [7, 11) is 0. The third kappa shape index (κ3) is 2.57. The fraction of sp³-hybridized carbons (Fsp3) is 0.294. The highest BCUT2D eigenvalue weighted by atomic mass is 16.5. The number of carbonyl (C=O) groups is 1. The van der Waals surface area contributed by atoms with E-state index >= 15 is 0 Å². The molecule has 0 N–H and O–H groups in total. The standard InChI is InChI=1S/C17H17NO2/c1-12-5-4-7-15(18-12)16(19)11-13-9-10-20-17-8-3-2-6-14(13)17/h2-8,13H,9-11H2,1H3. The molecular weight excluding hydrogens is 250 g/mol. The minimum Gasteiger partial charge on any atom is -0.493 e. The van der Waals surface area contributed by atoms with Gasteiger partial charge in [-0.25, -0.2) is 0 Å². The van der Waals surface area contributed by atoms with E-state index in [1.54, 1.807) is 6.07 Å². The Morgan fingerprint density at radius 3 is 2.95 bits per heavy atom. The first-order valence-corrected chi connectivity index (χ1v) is 6.92. The molecule has 1 atom stereocenters. The van der Waals surface area contributed by atoms with Gasteiger partial charge in [0.2, 0.25) is 0 Å². The van der Waals surface area contributed by atoms with Gasteiger partial charge in [0, 0.05) is 12.1 Å². The number of carbonyl (C=O) groups excluding carboxylic acids is 1. The first-order chi connectivity index (χ1) is 9.74. The number of benzene rings is 1. The van der Waals surface area contributed by atoms with Crippen molar-refractivity contribution in [1.29, 1.82) is 0 Å². The number of ketones is 1. The van der Waals surface area contributed by atoms with Gasteiger partial charge in [-0.3, -0.25) is 9.78 Å². The van der Waals surface area contributed by atoms with Crippen molar-refractivity contribution in [1.82, 2.24) is 4.98 Å². The van der Waals surface area contributed by atoms with Crippen LogP contribution in [0.15, 0.2) is 42.5 Å². The number of fused-ring (bicyclic) bond motifs is 1. The summed E-state index contributed by atoms with van der Waals surface area (Å²) in [6, 6.07) is 13.6. The van der Waals surface area contributed by atoms with Crippen molar-refractivity contribution in [2.45, 2.75) is 25.7 Å². The van der Waals surface area contributed by atoms with Crippen LogP contribution in [0.1, 0.15) is 40.5 Å². The number of aryl methyl sites for hydroxylation is 1. The molecule has 0 saturated heterocycles. The zero-order chi connectivity index (χ0) is 13.9. The maximum atomic E-state index is 12.4. The monoisotopic (exact) mass is 267 g/mol. The van der Waals surface area contributed by atoms with Gasteiger partial charge in [0.05, 0.1) is 6.61 Å². The second kappa shape index (κ2) is 5.45. The predicted molar refractivity (Wildman–Crippen MR) is 77.2 cm³/mol. The van der Waals surface area contributed by atoms with Crippen molar-refractivity contribution in [2.75, 3.05) is 6.61 Å². The maximum Gasteiger partial charge on any atom is 0.181 e. The van der Waals surface area contributed by atoms with E-state index in [0.29, 0.717) is 18.7 Å². The number of hydrogen-bond donors (Lipinski definition) is 0. The van der Waals surface area contributed by atoms with E-state index in [9.17, 15) is 4.79 Å². The number of nitrogens with zero attached hydrogens (tertiary/aromatic N) is 1. The summed E-state index contributed by atoms with van der Waals surface area (Å²) in [6.07, 6.45) is 1.38. The van der Waals surface area contributed by atoms with E-state index < -0.39 is 0 Å². The molecule has 1 aliphatic heterocycles. The lowest BCUT2D eigenvalue weighted by atomic mass is 9.88. The molecule has 0 aliphatic carbocycles. The Hall–Kier alpha value is -2.16. The summed E-state index contributed by atoms with van der Waals surface area (Å²) in [6.45, 7) is 2.58. The first kappa shape index (κ1) is 12.9. The molecule has 0 spiro atoms. The number of hydrogen-bond acceptors (Lipinski definition) is 3. The van der Waals surface area contributed by atoms with E-state index in [-0.39, 0.29) is 11.7 Å². The van der Waals surface area contributed by atoms with Crippen LogP contribution in [-0.2, 0) is 0 Å². The average molecular weight is 267 g/mol. The third-order valence-corrected chi connectivity index (χ3v) is 3.69. The Kier molecular flexibility index (Phi) is 3.50. The second-order valence-electron chi connectivity index (χ2n) is 5.16. The van der Waals surface area contributed by atoms with Crippen LogP contribution in [0, 0.1) is 6.92 Å². The van der Waals surface area contributed by atoms with Crippen LogP contribution in [-0.4, -0.2) is 17.4 Å².